The fourth-order valence-electron chi connectivity index (χ4n) is 6.36. The van der Waals surface area contributed by atoms with Crippen LogP contribution in [0.4, 0.5) is 13.2 Å². The van der Waals surface area contributed by atoms with Crippen LogP contribution in [0.5, 0.6) is 0 Å². The molecule has 2 aliphatic rings. The van der Waals surface area contributed by atoms with E-state index in [0.29, 0.717) is 24.3 Å². The van der Waals surface area contributed by atoms with Gasteiger partial charge in [0.15, 0.2) is 9.84 Å². The number of amides is 2. The molecule has 42 heavy (non-hydrogen) atoms. The summed E-state index contributed by atoms with van der Waals surface area (Å²) in [6, 6.07) is 8.48. The summed E-state index contributed by atoms with van der Waals surface area (Å²) in [7, 11) is -1.82. The van der Waals surface area contributed by atoms with Gasteiger partial charge in [0.1, 0.15) is 0 Å². The van der Waals surface area contributed by atoms with Gasteiger partial charge in [-0.2, -0.15) is 13.2 Å². The predicted molar refractivity (Wildman–Crippen MR) is 153 cm³/mol. The van der Waals surface area contributed by atoms with E-state index in [1.807, 2.05) is 20.9 Å². The molecule has 2 fully saturated rings. The highest BCUT2D eigenvalue weighted by Gasteiger charge is 2.47. The van der Waals surface area contributed by atoms with E-state index in [4.69, 9.17) is 11.6 Å². The third kappa shape index (κ3) is 6.61. The molecule has 1 aliphatic heterocycles. The number of halogens is 4. The maximum absolute atomic E-state index is 14.0. The Balaban J connectivity index is 1.69. The average Bonchev–Trinajstić information content (AvgIpc) is 3.31. The minimum atomic E-state index is -4.86. The van der Waals surface area contributed by atoms with Gasteiger partial charge in [-0.25, -0.2) is 8.42 Å². The van der Waals surface area contributed by atoms with Crippen molar-refractivity contribution in [3.05, 3.63) is 69.4 Å². The normalized spacial score (nSPS) is 23.6. The second-order valence-corrected chi connectivity index (χ2v) is 13.8. The Bertz CT molecular complexity index is 1420. The molecule has 230 valence electrons. The lowest BCUT2D eigenvalue weighted by atomic mass is 9.80. The average molecular weight is 629 g/mol. The molecule has 1 heterocycles. The van der Waals surface area contributed by atoms with Crippen LogP contribution in [0.25, 0.3) is 0 Å². The van der Waals surface area contributed by atoms with E-state index in [1.165, 1.54) is 29.2 Å². The van der Waals surface area contributed by atoms with Gasteiger partial charge in [0.25, 0.3) is 0 Å². The number of rotatable bonds is 8. The van der Waals surface area contributed by atoms with Gasteiger partial charge in [-0.05, 0) is 94.5 Å². The van der Waals surface area contributed by atoms with E-state index in [1.54, 1.807) is 0 Å². The molecule has 0 aromatic heterocycles. The maximum atomic E-state index is 14.0. The van der Waals surface area contributed by atoms with Crippen molar-refractivity contribution in [1.82, 2.24) is 15.3 Å². The van der Waals surface area contributed by atoms with Gasteiger partial charge in [0.2, 0.25) is 11.8 Å². The number of nitrogens with zero attached hydrogens (tertiary/aromatic N) is 2. The van der Waals surface area contributed by atoms with Crippen LogP contribution in [0, 0.1) is 11.1 Å². The van der Waals surface area contributed by atoms with Gasteiger partial charge < -0.3 is 20.5 Å². The number of alkyl halides is 3. The molecule has 1 aliphatic carbocycles. The van der Waals surface area contributed by atoms with Gasteiger partial charge >= 0.3 is 6.18 Å². The number of hydrogen-bond donors (Lipinski definition) is 1. The van der Waals surface area contributed by atoms with E-state index in [9.17, 15) is 36.4 Å². The molecular formula is C29H34ClF3N3O5S-. The van der Waals surface area contributed by atoms with Crippen molar-refractivity contribution in [2.75, 3.05) is 19.3 Å². The van der Waals surface area contributed by atoms with Gasteiger partial charge in [-0.3, -0.25) is 9.59 Å². The summed E-state index contributed by atoms with van der Waals surface area (Å²) in [6.45, 7) is 4.17. The highest BCUT2D eigenvalue weighted by Crippen LogP contribution is 2.43. The monoisotopic (exact) mass is 628 g/mol. The second kappa shape index (κ2) is 12.5. The Hall–Kier alpha value is -2.67. The number of carbonyl (C=O) groups excluding carboxylic acids is 2. The Morgan fingerprint density at radius 1 is 1.14 bits per heavy atom. The number of benzene rings is 2. The fourth-order valence-corrected chi connectivity index (χ4v) is 8.16. The first-order chi connectivity index (χ1) is 19.7. The molecule has 2 aromatic rings. The number of hydrogen-bond acceptors (Lipinski definition) is 6. The predicted octanol–water partition coefficient (Wildman–Crippen LogP) is 5.25. The first-order valence-corrected chi connectivity index (χ1v) is 15.8. The number of likely N-dealkylation sites (tertiary alicyclic amines) is 1. The molecule has 8 nitrogen and oxygen atoms in total. The Labute approximate surface area is 248 Å². The highest BCUT2D eigenvalue weighted by atomic mass is 35.5. The van der Waals surface area contributed by atoms with Gasteiger partial charge in [0.05, 0.1) is 22.1 Å². The quantitative estimate of drug-likeness (QED) is 0.400. The molecule has 0 bridgehead atoms. The minimum absolute atomic E-state index is 0.00641. The van der Waals surface area contributed by atoms with E-state index in [2.05, 4.69) is 4.90 Å². The van der Waals surface area contributed by atoms with Crippen molar-refractivity contribution in [3.8, 4) is 0 Å². The SMILES string of the molecule is CC(C)N(C)[C@@H]1CC[C@H](N2CC[C@@H](c3c(C(=O)N[O-])cccc3C(F)(F)F)C2=O)[C@H](CS(=O)(=O)c2ccc(Cl)cc2)C1. The first-order valence-electron chi connectivity index (χ1n) is 13.8. The van der Waals surface area contributed by atoms with Crippen molar-refractivity contribution in [2.24, 2.45) is 5.92 Å². The summed E-state index contributed by atoms with van der Waals surface area (Å²) in [5.41, 5.74) is -1.04. The minimum Gasteiger partial charge on any atom is -0.759 e. The van der Waals surface area contributed by atoms with E-state index in [0.717, 1.165) is 23.7 Å². The number of hydroxylamine groups is 1. The van der Waals surface area contributed by atoms with E-state index in [-0.39, 0.29) is 35.7 Å². The van der Waals surface area contributed by atoms with E-state index < -0.39 is 62.4 Å². The smallest absolute Gasteiger partial charge is 0.416 e. The summed E-state index contributed by atoms with van der Waals surface area (Å²) in [5.74, 6) is -3.91. The van der Waals surface area contributed by atoms with E-state index >= 15 is 0 Å². The molecule has 4 rings (SSSR count). The topological polar surface area (TPSA) is 110 Å². The van der Waals surface area contributed by atoms with Crippen molar-refractivity contribution in [2.45, 2.75) is 74.6 Å². The molecule has 1 saturated carbocycles. The standard InChI is InChI=1S/C29H34ClF3N3O5S/c1-17(2)35(3)20-9-12-25(18(15-20)16-42(40,41)21-10-7-19(30)8-11-21)36-14-13-23(28(36)38)26-22(27(37)34-39)5-4-6-24(26)29(31,32)33/h4-8,10-11,17-18,20,23,25H,9,12-16H2,1-3H3,(H-,34,37,39)/q-1/t18-,20+,23-,25-/m0/s1. The Morgan fingerprint density at radius 3 is 2.40 bits per heavy atom. The molecule has 2 aromatic carbocycles. The summed E-state index contributed by atoms with van der Waals surface area (Å²) in [6.07, 6.45) is -3.25. The zero-order valence-electron chi connectivity index (χ0n) is 23.5. The van der Waals surface area contributed by atoms with Crippen LogP contribution in [0.2, 0.25) is 5.02 Å². The van der Waals surface area contributed by atoms with Crippen LogP contribution in [0.15, 0.2) is 47.4 Å². The summed E-state index contributed by atoms with van der Waals surface area (Å²) < 4.78 is 69.1. The Kier molecular flexibility index (Phi) is 9.61. The molecular weight excluding hydrogens is 595 g/mol. The van der Waals surface area contributed by atoms with Crippen LogP contribution in [-0.4, -0.2) is 67.5 Å². The lowest BCUT2D eigenvalue weighted by Crippen LogP contribution is -2.51. The van der Waals surface area contributed by atoms with Crippen molar-refractivity contribution in [1.29, 1.82) is 0 Å². The summed E-state index contributed by atoms with van der Waals surface area (Å²) in [5, 5.41) is 11.5. The third-order valence-corrected chi connectivity index (χ3v) is 10.8. The van der Waals surface area contributed by atoms with Crippen LogP contribution >= 0.6 is 11.6 Å². The first kappa shape index (κ1) is 32.2. The van der Waals surface area contributed by atoms with Gasteiger partial charge in [-0.15, -0.1) is 0 Å². The number of carbonyl (C=O) groups is 2. The van der Waals surface area contributed by atoms with Crippen molar-refractivity contribution < 1.29 is 31.2 Å². The molecule has 13 heteroatoms. The molecule has 0 radical (unpaired) electrons. The maximum Gasteiger partial charge on any atom is 0.416 e. The van der Waals surface area contributed by atoms with Gasteiger partial charge in [-0.1, -0.05) is 17.7 Å². The molecule has 4 atom stereocenters. The zero-order valence-corrected chi connectivity index (χ0v) is 25.1. The molecule has 1 N–H and O–H groups in total. The molecule has 2 amide bonds. The highest BCUT2D eigenvalue weighted by molar-refractivity contribution is 7.91. The number of nitrogens with one attached hydrogen (secondary N) is 1. The van der Waals surface area contributed by atoms with Crippen LogP contribution in [0.1, 0.15) is 66.9 Å². The molecule has 0 spiro atoms. The third-order valence-electron chi connectivity index (χ3n) is 8.65. The van der Waals surface area contributed by atoms with Gasteiger partial charge in [0, 0.05) is 35.3 Å². The van der Waals surface area contributed by atoms with Crippen molar-refractivity contribution in [3.63, 3.8) is 0 Å². The summed E-state index contributed by atoms with van der Waals surface area (Å²) in [4.78, 5) is 29.9. The van der Waals surface area contributed by atoms with Crippen molar-refractivity contribution >= 4 is 33.3 Å². The van der Waals surface area contributed by atoms with Crippen LogP contribution in [-0.2, 0) is 20.8 Å². The molecule has 1 saturated heterocycles. The lowest BCUT2D eigenvalue weighted by Gasteiger charge is -2.44. The second-order valence-electron chi connectivity index (χ2n) is 11.4. The summed E-state index contributed by atoms with van der Waals surface area (Å²) >= 11 is 5.95. The largest absolute Gasteiger partial charge is 0.759 e. The Morgan fingerprint density at radius 2 is 1.81 bits per heavy atom. The fraction of sp³-hybridized carbons (Fsp3) is 0.517. The molecule has 0 unspecified atom stereocenters. The number of sulfone groups is 1. The van der Waals surface area contributed by atoms with Crippen LogP contribution < -0.4 is 5.48 Å². The zero-order chi connectivity index (χ0) is 31.0. The lowest BCUT2D eigenvalue weighted by molar-refractivity contribution is -0.139. The van der Waals surface area contributed by atoms with Crippen LogP contribution in [0.3, 0.4) is 0 Å².